The molecule has 3 aliphatic rings. The highest BCUT2D eigenvalue weighted by Crippen LogP contribution is 2.49. The van der Waals surface area contributed by atoms with Crippen LogP contribution in [0.15, 0.2) is 54.9 Å². The van der Waals surface area contributed by atoms with E-state index in [1.54, 1.807) is 18.3 Å². The molecule has 1 unspecified atom stereocenters. The summed E-state index contributed by atoms with van der Waals surface area (Å²) in [4.78, 5) is 16.4. The van der Waals surface area contributed by atoms with Crippen molar-refractivity contribution in [2.75, 3.05) is 6.61 Å². The molecule has 6 rings (SSSR count). The van der Waals surface area contributed by atoms with Gasteiger partial charge in [0.2, 0.25) is 17.7 Å². The van der Waals surface area contributed by atoms with Crippen LogP contribution in [0.1, 0.15) is 24.6 Å². The summed E-state index contributed by atoms with van der Waals surface area (Å²) in [7, 11) is 1.54. The number of carbonyl (C=O) groups excluding carboxylic acids is 1. The SMILES string of the molecule is CC(=O)NC1COc2c(-c3nc4n(Cc5ccccc5)cccc-4c3-c3cn(C)nc3OC(F)F)c(C(F)F)nn2C1. The topological polar surface area (TPSA) is 101 Å². The third kappa shape index (κ3) is 5.03. The van der Waals surface area contributed by atoms with Gasteiger partial charge < -0.3 is 19.4 Å². The highest BCUT2D eigenvalue weighted by molar-refractivity contribution is 5.97. The number of hydrogen-bond acceptors (Lipinski definition) is 6. The van der Waals surface area contributed by atoms with Crippen molar-refractivity contribution in [3.8, 4) is 45.5 Å². The first kappa shape index (κ1) is 27.3. The molecule has 0 radical (unpaired) electrons. The highest BCUT2D eigenvalue weighted by Gasteiger charge is 2.37. The lowest BCUT2D eigenvalue weighted by atomic mass is 9.98. The molecule has 0 saturated heterocycles. The van der Waals surface area contributed by atoms with Crippen molar-refractivity contribution in [1.82, 2.24) is 34.4 Å². The molecule has 3 aromatic rings. The molecule has 42 heavy (non-hydrogen) atoms. The fraction of sp³-hybridized carbons (Fsp3) is 0.286. The molecule has 5 heterocycles. The Morgan fingerprint density at radius 2 is 1.88 bits per heavy atom. The maximum atomic E-state index is 14.5. The molecule has 0 bridgehead atoms. The largest absolute Gasteiger partial charge is 0.475 e. The van der Waals surface area contributed by atoms with E-state index in [1.807, 2.05) is 34.9 Å². The van der Waals surface area contributed by atoms with E-state index in [9.17, 15) is 22.4 Å². The zero-order chi connectivity index (χ0) is 29.5. The van der Waals surface area contributed by atoms with Gasteiger partial charge in [0.25, 0.3) is 6.43 Å². The Morgan fingerprint density at radius 1 is 1.10 bits per heavy atom. The second-order valence-electron chi connectivity index (χ2n) is 9.85. The molecule has 0 fully saturated rings. The first-order valence-electron chi connectivity index (χ1n) is 13.0. The summed E-state index contributed by atoms with van der Waals surface area (Å²) in [6, 6.07) is 12.6. The van der Waals surface area contributed by atoms with Crippen molar-refractivity contribution in [2.45, 2.75) is 39.1 Å². The number of aryl methyl sites for hydroxylation is 1. The number of carbonyl (C=O) groups is 1. The standard InChI is InChI=1S/C28H25F4N7O3/c1-15(40)33-17-12-39-27(41-14-17)21(23(35-39)24(29)30)22-20(19-13-37(2)36-26(19)42-28(31)32)18-9-6-10-38(25(18)34-22)11-16-7-4-3-5-8-16/h3-10,13,17,24,28H,11-12,14H2,1-2H3,(H,33,40). The molecule has 0 spiro atoms. The molecule has 1 aromatic carbocycles. The van der Waals surface area contributed by atoms with Crippen molar-refractivity contribution in [3.63, 3.8) is 0 Å². The molecule has 1 atom stereocenters. The normalized spacial score (nSPS) is 14.8. The van der Waals surface area contributed by atoms with E-state index in [1.165, 1.54) is 29.5 Å². The number of rotatable bonds is 8. The first-order chi connectivity index (χ1) is 20.2. The minimum Gasteiger partial charge on any atom is -0.475 e. The van der Waals surface area contributed by atoms with E-state index in [2.05, 4.69) is 15.5 Å². The van der Waals surface area contributed by atoms with E-state index in [0.29, 0.717) is 17.9 Å². The second kappa shape index (κ2) is 10.8. The van der Waals surface area contributed by atoms with Crippen LogP contribution in [0.4, 0.5) is 17.6 Å². The van der Waals surface area contributed by atoms with Crippen molar-refractivity contribution < 1.29 is 31.8 Å². The average molecular weight is 584 g/mol. The van der Waals surface area contributed by atoms with E-state index in [0.717, 1.165) is 5.56 Å². The first-order valence-corrected chi connectivity index (χ1v) is 13.0. The van der Waals surface area contributed by atoms with Crippen LogP contribution in [0.2, 0.25) is 0 Å². The third-order valence-electron chi connectivity index (χ3n) is 6.82. The highest BCUT2D eigenvalue weighted by atomic mass is 19.3. The quantitative estimate of drug-likeness (QED) is 0.265. The minimum absolute atomic E-state index is 0.0111. The van der Waals surface area contributed by atoms with Crippen LogP contribution < -0.4 is 14.8 Å². The summed E-state index contributed by atoms with van der Waals surface area (Å²) in [6.07, 6.45) is 0.250. The van der Waals surface area contributed by atoms with Gasteiger partial charge in [-0.05, 0) is 17.7 Å². The Bertz CT molecular complexity index is 1710. The third-order valence-corrected chi connectivity index (χ3v) is 6.82. The van der Waals surface area contributed by atoms with Gasteiger partial charge in [0, 0.05) is 44.0 Å². The predicted molar refractivity (Wildman–Crippen MR) is 143 cm³/mol. The van der Waals surface area contributed by atoms with E-state index in [4.69, 9.17) is 14.5 Å². The van der Waals surface area contributed by atoms with Crippen molar-refractivity contribution >= 4 is 5.91 Å². The number of nitrogens with one attached hydrogen (secondary N) is 1. The monoisotopic (exact) mass is 583 g/mol. The summed E-state index contributed by atoms with van der Waals surface area (Å²) in [5.74, 6) is -0.227. The van der Waals surface area contributed by atoms with Crippen LogP contribution in [0.25, 0.3) is 33.8 Å². The second-order valence-corrected chi connectivity index (χ2v) is 9.85. The molecule has 14 heteroatoms. The fourth-order valence-electron chi connectivity index (χ4n) is 5.25. The van der Waals surface area contributed by atoms with Crippen molar-refractivity contribution in [3.05, 3.63) is 66.1 Å². The zero-order valence-corrected chi connectivity index (χ0v) is 22.5. The maximum Gasteiger partial charge on any atom is 0.388 e. The predicted octanol–water partition coefficient (Wildman–Crippen LogP) is 4.74. The van der Waals surface area contributed by atoms with Crippen LogP contribution in [-0.2, 0) is 24.9 Å². The molecule has 10 nitrogen and oxygen atoms in total. The molecule has 0 saturated carbocycles. The Hall–Kier alpha value is -4.88. The van der Waals surface area contributed by atoms with Gasteiger partial charge in [-0.2, -0.15) is 13.9 Å². The fourth-order valence-corrected chi connectivity index (χ4v) is 5.25. The molecule has 2 aromatic heterocycles. The Morgan fingerprint density at radius 3 is 2.60 bits per heavy atom. The van der Waals surface area contributed by atoms with Crippen LogP contribution in [0.3, 0.4) is 0 Å². The molecule has 218 valence electrons. The summed E-state index contributed by atoms with van der Waals surface area (Å²) < 4.78 is 71.0. The van der Waals surface area contributed by atoms with E-state index < -0.39 is 24.8 Å². The number of pyridine rings is 1. The molecule has 1 N–H and O–H groups in total. The number of benzene rings is 1. The van der Waals surface area contributed by atoms with Gasteiger partial charge in [-0.25, -0.2) is 18.4 Å². The van der Waals surface area contributed by atoms with Gasteiger partial charge in [-0.1, -0.05) is 30.3 Å². The number of alkyl halides is 4. The molecular formula is C28H25F4N7O3. The Balaban J connectivity index is 1.59. The van der Waals surface area contributed by atoms with Crippen LogP contribution >= 0.6 is 0 Å². The number of amides is 1. The van der Waals surface area contributed by atoms with Crippen LogP contribution in [-0.4, -0.2) is 54.3 Å². The summed E-state index contributed by atoms with van der Waals surface area (Å²) >= 11 is 0. The number of aromatic nitrogens is 6. The lowest BCUT2D eigenvalue weighted by Crippen LogP contribution is -2.44. The maximum absolute atomic E-state index is 14.5. The van der Waals surface area contributed by atoms with Crippen LogP contribution in [0.5, 0.6) is 11.8 Å². The summed E-state index contributed by atoms with van der Waals surface area (Å²) in [5, 5.41) is 10.9. The summed E-state index contributed by atoms with van der Waals surface area (Å²) in [6.45, 7) is -1.32. The lowest BCUT2D eigenvalue weighted by molar-refractivity contribution is -0.120. The minimum atomic E-state index is -3.17. The average Bonchev–Trinajstić information content (AvgIpc) is 3.61. The number of ether oxygens (including phenoxy) is 2. The molecule has 1 amide bonds. The van der Waals surface area contributed by atoms with Crippen molar-refractivity contribution in [2.24, 2.45) is 7.05 Å². The van der Waals surface area contributed by atoms with Gasteiger partial charge in [0.15, 0.2) is 0 Å². The van der Waals surface area contributed by atoms with Gasteiger partial charge in [0.05, 0.1) is 29.4 Å². The number of halogens is 4. The number of hydrogen-bond donors (Lipinski definition) is 1. The van der Waals surface area contributed by atoms with Gasteiger partial charge >= 0.3 is 6.61 Å². The number of nitrogens with zero attached hydrogens (tertiary/aromatic N) is 6. The smallest absolute Gasteiger partial charge is 0.388 e. The van der Waals surface area contributed by atoms with Gasteiger partial charge in [0.1, 0.15) is 18.1 Å². The Kier molecular flexibility index (Phi) is 7.04. The summed E-state index contributed by atoms with van der Waals surface area (Å²) in [5.41, 5.74) is 1.26. The lowest BCUT2D eigenvalue weighted by Gasteiger charge is -2.25. The van der Waals surface area contributed by atoms with E-state index in [-0.39, 0.29) is 53.2 Å². The van der Waals surface area contributed by atoms with Gasteiger partial charge in [-0.3, -0.25) is 9.48 Å². The van der Waals surface area contributed by atoms with Crippen molar-refractivity contribution in [1.29, 1.82) is 0 Å². The Labute approximate surface area is 236 Å². The van der Waals surface area contributed by atoms with Gasteiger partial charge in [-0.15, -0.1) is 5.10 Å². The molecule has 3 aliphatic heterocycles. The molecular weight excluding hydrogens is 558 g/mol. The number of fused-ring (bicyclic) bond motifs is 2. The van der Waals surface area contributed by atoms with E-state index >= 15 is 0 Å². The van der Waals surface area contributed by atoms with Crippen LogP contribution in [0, 0.1) is 0 Å². The molecule has 0 aliphatic carbocycles. The zero-order valence-electron chi connectivity index (χ0n) is 22.5.